The van der Waals surface area contributed by atoms with E-state index in [1.165, 1.54) is 0 Å². The predicted molar refractivity (Wildman–Crippen MR) is 83.2 cm³/mol. The van der Waals surface area contributed by atoms with Crippen molar-refractivity contribution in [3.63, 3.8) is 0 Å². The zero-order valence-corrected chi connectivity index (χ0v) is 16.2. The summed E-state index contributed by atoms with van der Waals surface area (Å²) >= 11 is 0. The molecule has 1 heterocycles. The minimum absolute atomic E-state index is 0. The van der Waals surface area contributed by atoms with Crippen LogP contribution in [0.15, 0.2) is 24.3 Å². The standard InChI is InChI=1S/C18H20NO2.Y/c1-4-6-13-21-16-10-8-15(9-11-16)17-12-7-14(3)18(20)19(17)5-2;/h8-11,14H,5,7,13H2,1-3H3;/q-1;. The zero-order chi connectivity index (χ0) is 15.2. The van der Waals surface area contributed by atoms with Crippen molar-refractivity contribution in [3.05, 3.63) is 35.9 Å². The Balaban J connectivity index is 0.00000242. The van der Waals surface area contributed by atoms with Crippen molar-refractivity contribution in [2.75, 3.05) is 13.2 Å². The largest absolute Gasteiger partial charge is 0.481 e. The van der Waals surface area contributed by atoms with Crippen molar-refractivity contribution in [1.29, 1.82) is 0 Å². The molecule has 22 heavy (non-hydrogen) atoms. The molecule has 1 atom stereocenters. The summed E-state index contributed by atoms with van der Waals surface area (Å²) < 4.78 is 5.50. The summed E-state index contributed by atoms with van der Waals surface area (Å²) in [5.41, 5.74) is 1.87. The van der Waals surface area contributed by atoms with Gasteiger partial charge in [0.2, 0.25) is 5.91 Å². The molecule has 113 valence electrons. The average Bonchev–Trinajstić information content (AvgIpc) is 2.51. The summed E-state index contributed by atoms with van der Waals surface area (Å²) in [6.07, 6.45) is 4.02. The summed E-state index contributed by atoms with van der Waals surface area (Å²) in [5.74, 6) is 6.62. The Labute approximate surface area is 158 Å². The monoisotopic (exact) mass is 371 g/mol. The topological polar surface area (TPSA) is 29.5 Å². The van der Waals surface area contributed by atoms with E-state index in [-0.39, 0.29) is 44.5 Å². The number of hydrogen-bond acceptors (Lipinski definition) is 2. The molecule has 1 aromatic carbocycles. The summed E-state index contributed by atoms with van der Waals surface area (Å²) in [4.78, 5) is 14.0. The number of nitrogens with zero attached hydrogens (tertiary/aromatic N) is 1. The van der Waals surface area contributed by atoms with Gasteiger partial charge >= 0.3 is 0 Å². The van der Waals surface area contributed by atoms with Gasteiger partial charge in [0.15, 0.2) is 0 Å². The minimum atomic E-state index is 0. The van der Waals surface area contributed by atoms with Crippen LogP contribution in [0.2, 0.25) is 0 Å². The van der Waals surface area contributed by atoms with Gasteiger partial charge in [0.1, 0.15) is 12.4 Å². The van der Waals surface area contributed by atoms with Gasteiger partial charge in [-0.2, -0.15) is 5.56 Å². The molecule has 0 N–H and O–H groups in total. The molecule has 3 nitrogen and oxygen atoms in total. The summed E-state index contributed by atoms with van der Waals surface area (Å²) in [6.45, 7) is 6.77. The predicted octanol–water partition coefficient (Wildman–Crippen LogP) is 3.12. The van der Waals surface area contributed by atoms with Crippen LogP contribution in [-0.4, -0.2) is 24.0 Å². The van der Waals surface area contributed by atoms with Crippen molar-refractivity contribution in [3.8, 4) is 17.6 Å². The van der Waals surface area contributed by atoms with Gasteiger partial charge in [0, 0.05) is 45.2 Å². The molecule has 0 aromatic heterocycles. The summed E-state index contributed by atoms with van der Waals surface area (Å²) in [7, 11) is 0. The molecule has 2 rings (SSSR count). The Morgan fingerprint density at radius 3 is 2.64 bits per heavy atom. The number of carbonyl (C=O) groups is 1. The van der Waals surface area contributed by atoms with Crippen molar-refractivity contribution < 1.29 is 42.2 Å². The van der Waals surface area contributed by atoms with E-state index in [0.29, 0.717) is 19.6 Å². The molecule has 0 bridgehead atoms. The van der Waals surface area contributed by atoms with E-state index in [1.807, 2.05) is 38.1 Å². The number of allylic oxidation sites excluding steroid dienone is 1. The van der Waals surface area contributed by atoms with Gasteiger partial charge < -0.3 is 9.64 Å². The van der Waals surface area contributed by atoms with Crippen molar-refractivity contribution in [1.82, 2.24) is 4.90 Å². The number of amides is 1. The van der Waals surface area contributed by atoms with Crippen LogP contribution in [0.5, 0.6) is 5.75 Å². The molecule has 1 aliphatic heterocycles. The van der Waals surface area contributed by atoms with Gasteiger partial charge in [-0.3, -0.25) is 4.79 Å². The van der Waals surface area contributed by atoms with Crippen LogP contribution in [0.1, 0.15) is 32.8 Å². The number of rotatable bonds is 4. The van der Waals surface area contributed by atoms with E-state index in [4.69, 9.17) is 4.74 Å². The third-order valence-electron chi connectivity index (χ3n) is 3.46. The van der Waals surface area contributed by atoms with Crippen LogP contribution in [0.25, 0.3) is 5.70 Å². The fourth-order valence-corrected chi connectivity index (χ4v) is 2.28. The first-order valence-corrected chi connectivity index (χ1v) is 7.22. The van der Waals surface area contributed by atoms with Gasteiger partial charge in [-0.05, 0) is 26.0 Å². The van der Waals surface area contributed by atoms with E-state index < -0.39 is 0 Å². The number of benzene rings is 1. The van der Waals surface area contributed by atoms with Gasteiger partial charge in [-0.1, -0.05) is 19.3 Å². The van der Waals surface area contributed by atoms with Crippen molar-refractivity contribution >= 4 is 11.6 Å². The molecule has 0 saturated carbocycles. The molecule has 1 unspecified atom stereocenters. The fraction of sp³-hybridized carbons (Fsp3) is 0.389. The molecule has 0 fully saturated rings. The van der Waals surface area contributed by atoms with E-state index >= 15 is 0 Å². The van der Waals surface area contributed by atoms with Crippen LogP contribution in [0, 0.1) is 23.8 Å². The van der Waals surface area contributed by atoms with E-state index in [2.05, 4.69) is 17.9 Å². The average molecular weight is 371 g/mol. The molecule has 0 spiro atoms. The van der Waals surface area contributed by atoms with Crippen LogP contribution >= 0.6 is 0 Å². The summed E-state index contributed by atoms with van der Waals surface area (Å²) in [6, 6.07) is 7.72. The van der Waals surface area contributed by atoms with Gasteiger partial charge in [-0.15, -0.1) is 23.8 Å². The van der Waals surface area contributed by atoms with Crippen LogP contribution < -0.4 is 4.74 Å². The van der Waals surface area contributed by atoms with Gasteiger partial charge in [-0.25, -0.2) is 6.08 Å². The normalized spacial score (nSPS) is 17.0. The Bertz CT molecular complexity index is 596. The first-order valence-electron chi connectivity index (χ1n) is 7.22. The maximum Gasteiger partial charge on any atom is 0.225 e. The first kappa shape index (κ1) is 18.9. The molecule has 4 heteroatoms. The van der Waals surface area contributed by atoms with Crippen molar-refractivity contribution in [2.45, 2.75) is 27.2 Å². The number of ether oxygens (including phenoxy) is 1. The third kappa shape index (κ3) is 4.44. The molecular formula is C18H20NO2Y-. The Kier molecular flexibility index (Phi) is 7.86. The van der Waals surface area contributed by atoms with Gasteiger partial charge in [0.05, 0.1) is 0 Å². The maximum absolute atomic E-state index is 12.2. The molecular weight excluding hydrogens is 351 g/mol. The maximum atomic E-state index is 12.2. The third-order valence-corrected chi connectivity index (χ3v) is 3.46. The quantitative estimate of drug-likeness (QED) is 0.601. The Morgan fingerprint density at radius 1 is 1.36 bits per heavy atom. The van der Waals surface area contributed by atoms with Crippen LogP contribution in [-0.2, 0) is 37.5 Å². The van der Waals surface area contributed by atoms with E-state index in [1.54, 1.807) is 11.8 Å². The number of hydrogen-bond donors (Lipinski definition) is 0. The molecule has 1 radical (unpaired) electrons. The Morgan fingerprint density at radius 2 is 2.05 bits per heavy atom. The van der Waals surface area contributed by atoms with Crippen LogP contribution in [0.4, 0.5) is 0 Å². The molecule has 0 saturated heterocycles. The minimum Gasteiger partial charge on any atom is -0.481 e. The van der Waals surface area contributed by atoms with Gasteiger partial charge in [0.25, 0.3) is 0 Å². The molecule has 1 aromatic rings. The van der Waals surface area contributed by atoms with E-state index in [0.717, 1.165) is 17.0 Å². The smallest absolute Gasteiger partial charge is 0.225 e. The molecule has 1 aliphatic rings. The second-order valence-corrected chi connectivity index (χ2v) is 4.95. The second kappa shape index (κ2) is 9.13. The zero-order valence-electron chi connectivity index (χ0n) is 13.3. The number of carbonyl (C=O) groups excluding carboxylic acids is 1. The second-order valence-electron chi connectivity index (χ2n) is 4.95. The van der Waals surface area contributed by atoms with Crippen LogP contribution in [0.3, 0.4) is 0 Å². The summed E-state index contributed by atoms with van der Waals surface area (Å²) in [5, 5.41) is 0. The SMILES string of the molecule is CC#CCOc1ccc(C2=[C-]CC(C)C(=O)N2CC)cc1.[Y]. The molecule has 1 amide bonds. The first-order chi connectivity index (χ1) is 10.2. The Hall–Kier alpha value is -1.11. The fourth-order valence-electron chi connectivity index (χ4n) is 2.28. The van der Waals surface area contributed by atoms with E-state index in [9.17, 15) is 4.79 Å². The van der Waals surface area contributed by atoms with Crippen molar-refractivity contribution in [2.24, 2.45) is 5.92 Å². The molecule has 0 aliphatic carbocycles.